The van der Waals surface area contributed by atoms with Crippen molar-refractivity contribution >= 4 is 46.4 Å². The van der Waals surface area contributed by atoms with Gasteiger partial charge in [0.1, 0.15) is 0 Å². The molecule has 1 saturated carbocycles. The lowest BCUT2D eigenvalue weighted by Gasteiger charge is -2.22. The Morgan fingerprint density at radius 3 is 2.36 bits per heavy atom. The van der Waals surface area contributed by atoms with Gasteiger partial charge in [-0.25, -0.2) is 0 Å². The molecule has 0 aliphatic heterocycles. The van der Waals surface area contributed by atoms with E-state index in [0.29, 0.717) is 39.3 Å². The van der Waals surface area contributed by atoms with Crippen molar-refractivity contribution < 1.29 is 4.79 Å². The fraction of sp³-hybridized carbons (Fsp3) is 0.562. The molecule has 122 valence electrons. The van der Waals surface area contributed by atoms with Gasteiger partial charge in [-0.3, -0.25) is 9.69 Å². The minimum Gasteiger partial charge on any atom is -0.322 e. The van der Waals surface area contributed by atoms with E-state index in [4.69, 9.17) is 34.8 Å². The smallest absolute Gasteiger partial charge is 0.238 e. The van der Waals surface area contributed by atoms with Crippen molar-refractivity contribution in [1.82, 2.24) is 4.90 Å². The highest BCUT2D eigenvalue weighted by atomic mass is 35.5. The Morgan fingerprint density at radius 2 is 1.86 bits per heavy atom. The summed E-state index contributed by atoms with van der Waals surface area (Å²) in [4.78, 5) is 14.5. The molecule has 1 aromatic carbocycles. The molecule has 2 rings (SSSR count). The summed E-state index contributed by atoms with van der Waals surface area (Å²) in [5.41, 5.74) is 0.428. The van der Waals surface area contributed by atoms with Gasteiger partial charge in [0.15, 0.2) is 0 Å². The van der Waals surface area contributed by atoms with E-state index in [1.807, 2.05) is 0 Å². The van der Waals surface area contributed by atoms with Crippen molar-refractivity contribution in [1.29, 1.82) is 0 Å². The largest absolute Gasteiger partial charge is 0.322 e. The zero-order valence-corrected chi connectivity index (χ0v) is 15.1. The number of amides is 1. The third-order valence-corrected chi connectivity index (χ3v) is 4.49. The third-order valence-electron chi connectivity index (χ3n) is 3.67. The van der Waals surface area contributed by atoms with E-state index in [2.05, 4.69) is 24.1 Å². The van der Waals surface area contributed by atoms with Crippen LogP contribution < -0.4 is 5.32 Å². The monoisotopic (exact) mass is 362 g/mol. The molecule has 0 unspecified atom stereocenters. The van der Waals surface area contributed by atoms with Gasteiger partial charge in [-0.1, -0.05) is 48.7 Å². The van der Waals surface area contributed by atoms with Crippen molar-refractivity contribution in [2.45, 2.75) is 39.2 Å². The van der Waals surface area contributed by atoms with E-state index in [1.54, 1.807) is 12.1 Å². The molecule has 1 amide bonds. The molecule has 1 aromatic rings. The maximum Gasteiger partial charge on any atom is 0.238 e. The average molecular weight is 364 g/mol. The molecule has 0 atom stereocenters. The van der Waals surface area contributed by atoms with Crippen molar-refractivity contribution in [3.05, 3.63) is 27.2 Å². The van der Waals surface area contributed by atoms with Crippen LogP contribution in [0.4, 0.5) is 5.69 Å². The molecule has 1 N–H and O–H groups in total. The Balaban J connectivity index is 1.96. The second-order valence-electron chi connectivity index (χ2n) is 6.18. The second-order valence-corrected chi connectivity index (χ2v) is 7.43. The van der Waals surface area contributed by atoms with E-state index in [1.165, 1.54) is 12.8 Å². The fourth-order valence-electron chi connectivity index (χ4n) is 2.28. The first-order chi connectivity index (χ1) is 10.4. The molecular weight excluding hydrogens is 343 g/mol. The predicted molar refractivity (Wildman–Crippen MR) is 94.2 cm³/mol. The van der Waals surface area contributed by atoms with Crippen LogP contribution in [-0.4, -0.2) is 29.9 Å². The quantitative estimate of drug-likeness (QED) is 0.731. The number of carbonyl (C=O) groups is 1. The van der Waals surface area contributed by atoms with Gasteiger partial charge < -0.3 is 5.32 Å². The summed E-state index contributed by atoms with van der Waals surface area (Å²) in [6.07, 6.45) is 3.44. The highest BCUT2D eigenvalue weighted by Gasteiger charge is 2.30. The minimum absolute atomic E-state index is 0.0956. The van der Waals surface area contributed by atoms with Crippen LogP contribution in [0, 0.1) is 5.92 Å². The number of nitrogens with zero attached hydrogens (tertiary/aromatic N) is 1. The maximum atomic E-state index is 12.3. The molecule has 0 saturated heterocycles. The van der Waals surface area contributed by atoms with Gasteiger partial charge in [-0.15, -0.1) is 0 Å². The van der Waals surface area contributed by atoms with E-state index < -0.39 is 0 Å². The molecule has 1 fully saturated rings. The highest BCUT2D eigenvalue weighted by molar-refractivity contribution is 6.42. The fourth-order valence-corrected chi connectivity index (χ4v) is 3.19. The van der Waals surface area contributed by atoms with E-state index in [-0.39, 0.29) is 5.91 Å². The molecule has 0 spiro atoms. The van der Waals surface area contributed by atoms with Crippen LogP contribution in [0.1, 0.15) is 33.1 Å². The van der Waals surface area contributed by atoms with Gasteiger partial charge in [-0.05, 0) is 43.9 Å². The molecule has 0 radical (unpaired) electrons. The molecular formula is C16H21Cl3N2O. The first kappa shape index (κ1) is 17.9. The number of carbonyl (C=O) groups excluding carboxylic acids is 1. The summed E-state index contributed by atoms with van der Waals surface area (Å²) in [6.45, 7) is 5.70. The first-order valence-corrected chi connectivity index (χ1v) is 8.68. The Hall–Kier alpha value is -0.480. The van der Waals surface area contributed by atoms with Crippen LogP contribution in [0.5, 0.6) is 0 Å². The lowest BCUT2D eigenvalue weighted by atomic mass is 10.1. The lowest BCUT2D eigenvalue weighted by Crippen LogP contribution is -2.36. The Labute approximate surface area is 146 Å². The van der Waals surface area contributed by atoms with Crippen molar-refractivity contribution in [3.63, 3.8) is 0 Å². The van der Waals surface area contributed by atoms with Crippen LogP contribution in [0.3, 0.4) is 0 Å². The lowest BCUT2D eigenvalue weighted by molar-refractivity contribution is -0.117. The molecule has 1 aliphatic rings. The standard InChI is InChI=1S/C16H21Cl3N2O/c1-10(2)5-6-21(12-3-4-12)9-15(22)20-16-13(18)7-11(17)8-14(16)19/h7-8,10,12H,3-6,9H2,1-2H3,(H,20,22). The van der Waals surface area contributed by atoms with E-state index >= 15 is 0 Å². The maximum absolute atomic E-state index is 12.3. The average Bonchev–Trinajstić information content (AvgIpc) is 3.23. The summed E-state index contributed by atoms with van der Waals surface area (Å²) in [5.74, 6) is 0.534. The first-order valence-electron chi connectivity index (χ1n) is 7.55. The van der Waals surface area contributed by atoms with Crippen LogP contribution in [0.15, 0.2) is 12.1 Å². The number of rotatable bonds is 7. The van der Waals surface area contributed by atoms with Gasteiger partial charge in [0, 0.05) is 11.1 Å². The van der Waals surface area contributed by atoms with Crippen LogP contribution in [0.25, 0.3) is 0 Å². The van der Waals surface area contributed by atoms with Gasteiger partial charge in [-0.2, -0.15) is 0 Å². The number of anilines is 1. The van der Waals surface area contributed by atoms with Crippen LogP contribution in [0.2, 0.25) is 15.1 Å². The predicted octanol–water partition coefficient (Wildman–Crippen LogP) is 5.10. The Kier molecular flexibility index (Phi) is 6.39. The SMILES string of the molecule is CC(C)CCN(CC(=O)Nc1c(Cl)cc(Cl)cc1Cl)C1CC1. The summed E-state index contributed by atoms with van der Waals surface area (Å²) in [6, 6.07) is 3.69. The van der Waals surface area contributed by atoms with Gasteiger partial charge in [0.25, 0.3) is 0 Å². The molecule has 0 heterocycles. The molecule has 1 aliphatic carbocycles. The summed E-state index contributed by atoms with van der Waals surface area (Å²) in [5, 5.41) is 3.96. The summed E-state index contributed by atoms with van der Waals surface area (Å²) < 4.78 is 0. The molecule has 6 heteroatoms. The number of nitrogens with one attached hydrogen (secondary N) is 1. The van der Waals surface area contributed by atoms with Gasteiger partial charge in [0.2, 0.25) is 5.91 Å². The normalized spacial score (nSPS) is 14.7. The van der Waals surface area contributed by atoms with Crippen molar-refractivity contribution in [2.75, 3.05) is 18.4 Å². The zero-order valence-electron chi connectivity index (χ0n) is 12.8. The number of benzene rings is 1. The highest BCUT2D eigenvalue weighted by Crippen LogP contribution is 2.34. The van der Waals surface area contributed by atoms with E-state index in [9.17, 15) is 4.79 Å². The topological polar surface area (TPSA) is 32.3 Å². The van der Waals surface area contributed by atoms with E-state index in [0.717, 1.165) is 13.0 Å². The minimum atomic E-state index is -0.0956. The van der Waals surface area contributed by atoms with Gasteiger partial charge >= 0.3 is 0 Å². The summed E-state index contributed by atoms with van der Waals surface area (Å²) >= 11 is 18.1. The zero-order chi connectivity index (χ0) is 16.3. The molecule has 3 nitrogen and oxygen atoms in total. The number of hydrogen-bond acceptors (Lipinski definition) is 2. The van der Waals surface area contributed by atoms with Gasteiger partial charge in [0.05, 0.1) is 22.3 Å². The second kappa shape index (κ2) is 7.87. The molecule has 0 aromatic heterocycles. The third kappa shape index (κ3) is 5.31. The van der Waals surface area contributed by atoms with Crippen molar-refractivity contribution in [2.24, 2.45) is 5.92 Å². The summed E-state index contributed by atoms with van der Waals surface area (Å²) in [7, 11) is 0. The number of hydrogen-bond donors (Lipinski definition) is 1. The molecule has 0 bridgehead atoms. The molecule has 22 heavy (non-hydrogen) atoms. The Morgan fingerprint density at radius 1 is 1.27 bits per heavy atom. The van der Waals surface area contributed by atoms with Crippen LogP contribution >= 0.6 is 34.8 Å². The van der Waals surface area contributed by atoms with Crippen LogP contribution in [-0.2, 0) is 4.79 Å². The number of halogens is 3. The van der Waals surface area contributed by atoms with Crippen molar-refractivity contribution in [3.8, 4) is 0 Å². The Bertz CT molecular complexity index is 521.